The zero-order chi connectivity index (χ0) is 15.4. The molecule has 5 heteroatoms. The first kappa shape index (κ1) is 15.0. The molecule has 0 amide bonds. The Morgan fingerprint density at radius 2 is 2.05 bits per heavy atom. The van der Waals surface area contributed by atoms with E-state index in [0.717, 1.165) is 17.0 Å². The van der Waals surface area contributed by atoms with Crippen LogP contribution in [0.2, 0.25) is 5.02 Å². The van der Waals surface area contributed by atoms with Crippen molar-refractivity contribution in [3.05, 3.63) is 71.8 Å². The minimum absolute atomic E-state index is 0.0183. The maximum Gasteiger partial charge on any atom is 0.137 e. The highest BCUT2D eigenvalue weighted by Gasteiger charge is 2.30. The van der Waals surface area contributed by atoms with E-state index in [4.69, 9.17) is 16.3 Å². The molecule has 0 aliphatic heterocycles. The molecule has 0 saturated carbocycles. The molecule has 3 rings (SSSR count). The average Bonchev–Trinajstić information content (AvgIpc) is 3.22. The monoisotopic (exact) mass is 315 g/mol. The molecular formula is C17H18ClN3O. The number of rotatable bonds is 6. The highest BCUT2D eigenvalue weighted by Crippen LogP contribution is 2.30. The average molecular weight is 316 g/mol. The normalized spacial score (nSPS) is 17.0. The number of halogens is 1. The largest absolute Gasteiger partial charge is 0.378 e. The van der Waals surface area contributed by atoms with Gasteiger partial charge in [-0.25, -0.2) is 9.67 Å². The maximum atomic E-state index is 6.32. The SMILES string of the molecule is COC(C1C=CC=C1)C(Cc1ccccc1Cl)n1cncn1. The molecule has 2 aromatic rings. The van der Waals surface area contributed by atoms with E-state index in [1.54, 1.807) is 19.8 Å². The zero-order valence-corrected chi connectivity index (χ0v) is 13.1. The van der Waals surface area contributed by atoms with Crippen LogP contribution in [0.25, 0.3) is 0 Å². The molecular weight excluding hydrogens is 298 g/mol. The number of allylic oxidation sites excluding steroid dienone is 2. The summed E-state index contributed by atoms with van der Waals surface area (Å²) in [6.45, 7) is 0. The van der Waals surface area contributed by atoms with Gasteiger partial charge in [-0.1, -0.05) is 54.1 Å². The second-order valence-corrected chi connectivity index (χ2v) is 5.69. The number of nitrogens with zero attached hydrogens (tertiary/aromatic N) is 3. The first-order chi connectivity index (χ1) is 10.8. The van der Waals surface area contributed by atoms with Crippen molar-refractivity contribution in [2.75, 3.05) is 7.11 Å². The summed E-state index contributed by atoms with van der Waals surface area (Å²) in [6, 6.07) is 7.90. The molecule has 0 spiro atoms. The van der Waals surface area contributed by atoms with E-state index < -0.39 is 0 Å². The summed E-state index contributed by atoms with van der Waals surface area (Å²) in [4.78, 5) is 4.08. The third-order valence-electron chi connectivity index (χ3n) is 3.97. The molecule has 2 atom stereocenters. The molecule has 1 heterocycles. The summed E-state index contributed by atoms with van der Waals surface area (Å²) in [6.07, 6.45) is 12.4. The molecule has 0 N–H and O–H groups in total. The second kappa shape index (κ2) is 6.90. The second-order valence-electron chi connectivity index (χ2n) is 5.29. The van der Waals surface area contributed by atoms with E-state index >= 15 is 0 Å². The fourth-order valence-electron chi connectivity index (χ4n) is 2.88. The van der Waals surface area contributed by atoms with Crippen molar-refractivity contribution >= 4 is 11.6 Å². The molecule has 22 heavy (non-hydrogen) atoms. The Bertz CT molecular complexity index is 654. The van der Waals surface area contributed by atoms with Crippen LogP contribution in [0.4, 0.5) is 0 Å². The number of benzene rings is 1. The van der Waals surface area contributed by atoms with Gasteiger partial charge in [0.15, 0.2) is 0 Å². The molecule has 4 nitrogen and oxygen atoms in total. The Balaban J connectivity index is 1.92. The molecule has 0 radical (unpaired) electrons. The predicted octanol–water partition coefficient (Wildman–Crippen LogP) is 3.47. The summed E-state index contributed by atoms with van der Waals surface area (Å²) in [5.74, 6) is 0.224. The third-order valence-corrected chi connectivity index (χ3v) is 4.34. The number of aromatic nitrogens is 3. The third kappa shape index (κ3) is 3.13. The highest BCUT2D eigenvalue weighted by atomic mass is 35.5. The summed E-state index contributed by atoms with van der Waals surface area (Å²) < 4.78 is 7.66. The lowest BCUT2D eigenvalue weighted by Gasteiger charge is -2.29. The predicted molar refractivity (Wildman–Crippen MR) is 86.8 cm³/mol. The Labute approximate surface area is 135 Å². The van der Waals surface area contributed by atoms with Crippen molar-refractivity contribution in [1.29, 1.82) is 0 Å². The zero-order valence-electron chi connectivity index (χ0n) is 12.3. The van der Waals surface area contributed by atoms with Crippen molar-refractivity contribution in [1.82, 2.24) is 14.8 Å². The maximum absolute atomic E-state index is 6.32. The van der Waals surface area contributed by atoms with Crippen LogP contribution in [0.3, 0.4) is 0 Å². The number of ether oxygens (including phenoxy) is 1. The molecule has 0 bridgehead atoms. The van der Waals surface area contributed by atoms with Gasteiger partial charge in [-0.15, -0.1) is 0 Å². The number of methoxy groups -OCH3 is 1. The Kier molecular flexibility index (Phi) is 4.71. The van der Waals surface area contributed by atoms with Gasteiger partial charge in [0.25, 0.3) is 0 Å². The van der Waals surface area contributed by atoms with Gasteiger partial charge >= 0.3 is 0 Å². The summed E-state index contributed by atoms with van der Waals surface area (Å²) in [7, 11) is 1.74. The minimum atomic E-state index is -0.0343. The molecule has 0 fully saturated rings. The van der Waals surface area contributed by atoms with Crippen LogP contribution < -0.4 is 0 Å². The van der Waals surface area contributed by atoms with Gasteiger partial charge in [0.05, 0.1) is 12.1 Å². The van der Waals surface area contributed by atoms with Crippen LogP contribution in [0.1, 0.15) is 11.6 Å². The van der Waals surface area contributed by atoms with Gasteiger partial charge in [0, 0.05) is 18.1 Å². The van der Waals surface area contributed by atoms with Crippen LogP contribution in [0.5, 0.6) is 0 Å². The molecule has 1 aromatic carbocycles. The van der Waals surface area contributed by atoms with Crippen LogP contribution >= 0.6 is 11.6 Å². The topological polar surface area (TPSA) is 39.9 Å². The van der Waals surface area contributed by atoms with Crippen molar-refractivity contribution in [3.63, 3.8) is 0 Å². The number of hydrogen-bond donors (Lipinski definition) is 0. The first-order valence-corrected chi connectivity index (χ1v) is 7.62. The first-order valence-electron chi connectivity index (χ1n) is 7.25. The molecule has 1 aliphatic rings. The summed E-state index contributed by atoms with van der Waals surface area (Å²) in [5, 5.41) is 5.08. The van der Waals surface area contributed by atoms with Crippen LogP contribution in [0, 0.1) is 5.92 Å². The van der Waals surface area contributed by atoms with Crippen molar-refractivity contribution < 1.29 is 4.74 Å². The summed E-state index contributed by atoms with van der Waals surface area (Å²) >= 11 is 6.32. The molecule has 1 aromatic heterocycles. The fourth-order valence-corrected chi connectivity index (χ4v) is 3.09. The Hall–Kier alpha value is -1.91. The minimum Gasteiger partial charge on any atom is -0.378 e. The lowest BCUT2D eigenvalue weighted by Crippen LogP contribution is -2.33. The van der Waals surface area contributed by atoms with E-state index in [2.05, 4.69) is 22.2 Å². The van der Waals surface area contributed by atoms with Gasteiger partial charge in [-0.2, -0.15) is 5.10 Å². The van der Waals surface area contributed by atoms with Crippen molar-refractivity contribution in [2.24, 2.45) is 5.92 Å². The van der Waals surface area contributed by atoms with Gasteiger partial charge in [-0.05, 0) is 18.1 Å². The Morgan fingerprint density at radius 3 is 2.68 bits per heavy atom. The van der Waals surface area contributed by atoms with Gasteiger partial charge in [0.1, 0.15) is 12.7 Å². The molecule has 0 saturated heterocycles. The van der Waals surface area contributed by atoms with Crippen molar-refractivity contribution in [3.8, 4) is 0 Å². The van der Waals surface area contributed by atoms with Gasteiger partial charge in [0.2, 0.25) is 0 Å². The van der Waals surface area contributed by atoms with E-state index in [-0.39, 0.29) is 18.1 Å². The van der Waals surface area contributed by atoms with E-state index in [9.17, 15) is 0 Å². The van der Waals surface area contributed by atoms with Crippen LogP contribution in [0.15, 0.2) is 61.2 Å². The standard InChI is InChI=1S/C17H18ClN3O/c1-22-17(13-6-2-3-7-13)16(21-12-19-11-20-21)10-14-8-4-5-9-15(14)18/h2-9,11-13,16-17H,10H2,1H3. The van der Waals surface area contributed by atoms with E-state index in [1.807, 2.05) is 41.1 Å². The van der Waals surface area contributed by atoms with Gasteiger partial charge < -0.3 is 4.74 Å². The molecule has 1 aliphatic carbocycles. The Morgan fingerprint density at radius 1 is 1.27 bits per heavy atom. The quantitative estimate of drug-likeness (QED) is 0.819. The van der Waals surface area contributed by atoms with E-state index in [0.29, 0.717) is 0 Å². The summed E-state index contributed by atoms with van der Waals surface area (Å²) in [5.41, 5.74) is 1.08. The van der Waals surface area contributed by atoms with Crippen LogP contribution in [-0.2, 0) is 11.2 Å². The van der Waals surface area contributed by atoms with Gasteiger partial charge in [-0.3, -0.25) is 0 Å². The lowest BCUT2D eigenvalue weighted by molar-refractivity contribution is 0.0338. The smallest absolute Gasteiger partial charge is 0.137 e. The lowest BCUT2D eigenvalue weighted by atomic mass is 9.92. The number of hydrogen-bond acceptors (Lipinski definition) is 3. The fraction of sp³-hybridized carbons (Fsp3) is 0.294. The molecule has 114 valence electrons. The molecule has 2 unspecified atom stereocenters. The van der Waals surface area contributed by atoms with Crippen LogP contribution in [-0.4, -0.2) is 28.0 Å². The van der Waals surface area contributed by atoms with Crippen molar-refractivity contribution in [2.45, 2.75) is 18.6 Å². The highest BCUT2D eigenvalue weighted by molar-refractivity contribution is 6.31. The van der Waals surface area contributed by atoms with E-state index in [1.165, 1.54) is 0 Å².